The molecule has 0 spiro atoms. The van der Waals surface area contributed by atoms with E-state index in [1.54, 1.807) is 0 Å². The van der Waals surface area contributed by atoms with Crippen molar-refractivity contribution in [2.45, 2.75) is 20.4 Å². The summed E-state index contributed by atoms with van der Waals surface area (Å²) in [5.41, 5.74) is 1.17. The van der Waals surface area contributed by atoms with Gasteiger partial charge in [-0.25, -0.2) is 0 Å². The van der Waals surface area contributed by atoms with Gasteiger partial charge in [0.25, 0.3) is 0 Å². The molecule has 0 heterocycles. The number of hydrogen-bond acceptors (Lipinski definition) is 3. The molecule has 0 aliphatic rings. The number of benzene rings is 1. The van der Waals surface area contributed by atoms with Gasteiger partial charge in [0, 0.05) is 6.54 Å². The summed E-state index contributed by atoms with van der Waals surface area (Å²) >= 11 is 6.91. The van der Waals surface area contributed by atoms with Crippen LogP contribution in [0.15, 0.2) is 21.1 Å². The summed E-state index contributed by atoms with van der Waals surface area (Å²) < 4.78 is 7.05. The molecule has 0 aliphatic heterocycles. The topological polar surface area (TPSA) is 45.0 Å². The summed E-state index contributed by atoms with van der Waals surface area (Å²) in [6, 6.07) is 5.97. The van der Waals surface area contributed by atoms with Crippen LogP contribution < -0.4 is 10.1 Å². The highest BCUT2D eigenvalue weighted by Crippen LogP contribution is 2.34. The molecule has 0 radical (unpaired) electrons. The smallest absolute Gasteiger partial charge is 0.174 e. The molecule has 5 heteroatoms. The van der Waals surface area contributed by atoms with E-state index in [4.69, 9.17) is 10.00 Å². The predicted octanol–water partition coefficient (Wildman–Crippen LogP) is 3.86. The molecule has 1 aromatic rings. The van der Waals surface area contributed by atoms with Gasteiger partial charge in [-0.15, -0.1) is 0 Å². The van der Waals surface area contributed by atoms with E-state index in [0.717, 1.165) is 22.0 Å². The van der Waals surface area contributed by atoms with Gasteiger partial charge in [0.15, 0.2) is 6.61 Å². The van der Waals surface area contributed by atoms with Crippen molar-refractivity contribution >= 4 is 31.9 Å². The third kappa shape index (κ3) is 4.97. The minimum Gasteiger partial charge on any atom is -0.476 e. The van der Waals surface area contributed by atoms with E-state index in [1.165, 1.54) is 5.56 Å². The monoisotopic (exact) mass is 374 g/mol. The van der Waals surface area contributed by atoms with Crippen LogP contribution >= 0.6 is 31.9 Å². The second-order valence-corrected chi connectivity index (χ2v) is 6.07. The summed E-state index contributed by atoms with van der Waals surface area (Å²) in [4.78, 5) is 0. The molecule has 0 atom stereocenters. The molecule has 1 aromatic carbocycles. The number of rotatable bonds is 6. The van der Waals surface area contributed by atoms with E-state index in [-0.39, 0.29) is 6.61 Å². The van der Waals surface area contributed by atoms with E-state index >= 15 is 0 Å². The predicted molar refractivity (Wildman–Crippen MR) is 79.5 cm³/mol. The van der Waals surface area contributed by atoms with Gasteiger partial charge in [-0.05, 0) is 62.0 Å². The molecule has 0 saturated heterocycles. The maximum atomic E-state index is 8.52. The third-order valence-corrected chi connectivity index (χ3v) is 3.40. The Morgan fingerprint density at radius 1 is 1.33 bits per heavy atom. The van der Waals surface area contributed by atoms with Crippen molar-refractivity contribution in [3.8, 4) is 11.8 Å². The molecular formula is C13H16Br2N2O. The Kier molecular flexibility index (Phi) is 6.69. The molecule has 0 aromatic heterocycles. The molecule has 0 saturated carbocycles. The quantitative estimate of drug-likeness (QED) is 0.820. The van der Waals surface area contributed by atoms with Crippen molar-refractivity contribution < 1.29 is 4.74 Å². The minimum absolute atomic E-state index is 0.0438. The zero-order valence-corrected chi connectivity index (χ0v) is 13.6. The average Bonchev–Trinajstić information content (AvgIpc) is 2.27. The van der Waals surface area contributed by atoms with Gasteiger partial charge in [0.05, 0.1) is 8.95 Å². The first-order valence-electron chi connectivity index (χ1n) is 5.73. The number of nitrogens with one attached hydrogen (secondary N) is 1. The van der Waals surface area contributed by atoms with Gasteiger partial charge in [-0.2, -0.15) is 5.26 Å². The lowest BCUT2D eigenvalue weighted by molar-refractivity contribution is 0.363. The van der Waals surface area contributed by atoms with Crippen molar-refractivity contribution in [2.24, 2.45) is 5.92 Å². The number of hydrogen-bond donors (Lipinski definition) is 1. The Hall–Kier alpha value is -0.570. The lowest BCUT2D eigenvalue weighted by Crippen LogP contribution is -2.19. The summed E-state index contributed by atoms with van der Waals surface area (Å²) in [5, 5.41) is 11.9. The van der Waals surface area contributed by atoms with Gasteiger partial charge in [-0.3, -0.25) is 0 Å². The number of nitriles is 1. The van der Waals surface area contributed by atoms with Gasteiger partial charge in [0.2, 0.25) is 0 Å². The van der Waals surface area contributed by atoms with Crippen LogP contribution in [0.2, 0.25) is 0 Å². The van der Waals surface area contributed by atoms with E-state index in [1.807, 2.05) is 18.2 Å². The fraction of sp³-hybridized carbons (Fsp3) is 0.462. The molecule has 98 valence electrons. The molecular weight excluding hydrogens is 360 g/mol. The highest BCUT2D eigenvalue weighted by atomic mass is 79.9. The molecule has 0 amide bonds. The largest absolute Gasteiger partial charge is 0.476 e. The van der Waals surface area contributed by atoms with Crippen molar-refractivity contribution in [3.63, 3.8) is 0 Å². The molecule has 0 unspecified atom stereocenters. The first kappa shape index (κ1) is 15.5. The summed E-state index contributed by atoms with van der Waals surface area (Å²) in [5.74, 6) is 1.30. The Bertz CT molecular complexity index is 418. The van der Waals surface area contributed by atoms with Crippen molar-refractivity contribution in [2.75, 3.05) is 13.2 Å². The third-order valence-electron chi connectivity index (χ3n) is 2.22. The van der Waals surface area contributed by atoms with Crippen LogP contribution in [0.25, 0.3) is 0 Å². The van der Waals surface area contributed by atoms with Crippen molar-refractivity contribution in [1.29, 1.82) is 5.26 Å². The standard InChI is InChI=1S/C13H16Br2N2O/c1-9(2)7-17-8-10-5-11(14)13(12(15)6-10)18-4-3-16/h5-6,9,17H,4,7-8H2,1-2H3. The molecule has 1 rings (SSSR count). The molecule has 0 bridgehead atoms. The maximum absolute atomic E-state index is 8.52. The van der Waals surface area contributed by atoms with Gasteiger partial charge in [-0.1, -0.05) is 13.8 Å². The summed E-state index contributed by atoms with van der Waals surface area (Å²) in [6.07, 6.45) is 0. The molecule has 1 N–H and O–H groups in total. The SMILES string of the molecule is CC(C)CNCc1cc(Br)c(OCC#N)c(Br)c1. The number of ether oxygens (including phenoxy) is 1. The summed E-state index contributed by atoms with van der Waals surface area (Å²) in [6.45, 7) is 6.20. The molecule has 3 nitrogen and oxygen atoms in total. The fourth-order valence-corrected chi connectivity index (χ4v) is 2.97. The van der Waals surface area contributed by atoms with E-state index in [0.29, 0.717) is 11.7 Å². The minimum atomic E-state index is 0.0438. The number of nitrogens with zero attached hydrogens (tertiary/aromatic N) is 1. The second-order valence-electron chi connectivity index (χ2n) is 4.36. The maximum Gasteiger partial charge on any atom is 0.174 e. The fourth-order valence-electron chi connectivity index (χ4n) is 1.46. The second kappa shape index (κ2) is 7.78. The first-order valence-corrected chi connectivity index (χ1v) is 7.31. The van der Waals surface area contributed by atoms with Crippen LogP contribution in [0.1, 0.15) is 19.4 Å². The van der Waals surface area contributed by atoms with E-state index in [2.05, 4.69) is 51.0 Å². The lowest BCUT2D eigenvalue weighted by Gasteiger charge is -2.11. The van der Waals surface area contributed by atoms with Gasteiger partial charge < -0.3 is 10.1 Å². The Morgan fingerprint density at radius 3 is 2.44 bits per heavy atom. The van der Waals surface area contributed by atoms with Crippen LogP contribution in [0, 0.1) is 17.2 Å². The Balaban J connectivity index is 2.70. The Labute approximate surface area is 125 Å². The molecule has 0 aliphatic carbocycles. The molecule has 18 heavy (non-hydrogen) atoms. The van der Waals surface area contributed by atoms with E-state index in [9.17, 15) is 0 Å². The van der Waals surface area contributed by atoms with Crippen LogP contribution in [0.5, 0.6) is 5.75 Å². The van der Waals surface area contributed by atoms with E-state index < -0.39 is 0 Å². The normalized spacial score (nSPS) is 10.4. The first-order chi connectivity index (χ1) is 8.54. The average molecular weight is 376 g/mol. The van der Waals surface area contributed by atoms with Crippen LogP contribution in [-0.4, -0.2) is 13.2 Å². The van der Waals surface area contributed by atoms with Gasteiger partial charge in [0.1, 0.15) is 11.8 Å². The lowest BCUT2D eigenvalue weighted by atomic mass is 10.2. The zero-order valence-electron chi connectivity index (χ0n) is 10.5. The number of halogens is 2. The van der Waals surface area contributed by atoms with Crippen LogP contribution in [0.3, 0.4) is 0 Å². The Morgan fingerprint density at radius 2 is 1.94 bits per heavy atom. The molecule has 0 fully saturated rings. The van der Waals surface area contributed by atoms with Crippen molar-refractivity contribution in [3.05, 3.63) is 26.6 Å². The zero-order chi connectivity index (χ0) is 13.5. The van der Waals surface area contributed by atoms with Crippen LogP contribution in [-0.2, 0) is 6.54 Å². The highest BCUT2D eigenvalue weighted by Gasteiger charge is 2.09. The van der Waals surface area contributed by atoms with Crippen molar-refractivity contribution in [1.82, 2.24) is 5.32 Å². The van der Waals surface area contributed by atoms with Crippen LogP contribution in [0.4, 0.5) is 0 Å². The highest BCUT2D eigenvalue weighted by molar-refractivity contribution is 9.11. The summed E-state index contributed by atoms with van der Waals surface area (Å²) in [7, 11) is 0. The van der Waals surface area contributed by atoms with Gasteiger partial charge >= 0.3 is 0 Å².